The maximum atomic E-state index is 10.5. The Morgan fingerprint density at radius 2 is 2.19 bits per heavy atom. The molecule has 1 fully saturated rings. The minimum atomic E-state index is -1.02. The van der Waals surface area contributed by atoms with Crippen LogP contribution >= 0.6 is 11.8 Å². The molecule has 6 heteroatoms. The minimum Gasteiger partial charge on any atom is -0.379 e. The van der Waals surface area contributed by atoms with Crippen molar-refractivity contribution in [2.45, 2.75) is 36.0 Å². The summed E-state index contributed by atoms with van der Waals surface area (Å²) < 4.78 is 5.25. The van der Waals surface area contributed by atoms with E-state index in [-0.39, 0.29) is 0 Å². The van der Waals surface area contributed by atoms with Crippen LogP contribution in [0.1, 0.15) is 30.1 Å². The third-order valence-electron chi connectivity index (χ3n) is 3.62. The number of aliphatic hydroxyl groups is 1. The zero-order chi connectivity index (χ0) is 14.7. The highest BCUT2D eigenvalue weighted by molar-refractivity contribution is 7.98. The number of β-amino-alcohol motifs (C(OH)–C–C–N with tert-alkyl or cyclic N) is 1. The van der Waals surface area contributed by atoms with Crippen LogP contribution in [0.3, 0.4) is 0 Å². The van der Waals surface area contributed by atoms with Gasteiger partial charge in [0.25, 0.3) is 5.89 Å². The largest absolute Gasteiger partial charge is 0.379 e. The SMILES string of the molecule is Cc1ccc(SCc2noc(C3(O)CCCNC3)n2)cc1. The summed E-state index contributed by atoms with van der Waals surface area (Å²) in [6.07, 6.45) is 1.57. The number of thioether (sulfide) groups is 1. The molecular formula is C15H19N3O2S. The zero-order valence-corrected chi connectivity index (χ0v) is 12.8. The third kappa shape index (κ3) is 3.45. The molecule has 1 aromatic heterocycles. The number of aryl methyl sites for hydroxylation is 1. The van der Waals surface area contributed by atoms with Crippen molar-refractivity contribution < 1.29 is 9.63 Å². The Labute approximate surface area is 128 Å². The Morgan fingerprint density at radius 1 is 1.38 bits per heavy atom. The van der Waals surface area contributed by atoms with E-state index in [0.717, 1.165) is 13.0 Å². The molecule has 21 heavy (non-hydrogen) atoms. The lowest BCUT2D eigenvalue weighted by atomic mass is 9.94. The molecule has 0 radical (unpaired) electrons. The molecule has 112 valence electrons. The van der Waals surface area contributed by atoms with Gasteiger partial charge in [-0.1, -0.05) is 22.9 Å². The van der Waals surface area contributed by atoms with Gasteiger partial charge >= 0.3 is 0 Å². The molecule has 1 aliphatic rings. The van der Waals surface area contributed by atoms with Gasteiger partial charge in [0.1, 0.15) is 0 Å². The second-order valence-electron chi connectivity index (χ2n) is 5.43. The Morgan fingerprint density at radius 3 is 2.90 bits per heavy atom. The van der Waals surface area contributed by atoms with Gasteiger partial charge in [-0.2, -0.15) is 4.98 Å². The number of nitrogens with zero attached hydrogens (tertiary/aromatic N) is 2. The number of nitrogens with one attached hydrogen (secondary N) is 1. The number of hydrogen-bond acceptors (Lipinski definition) is 6. The predicted molar refractivity (Wildman–Crippen MR) is 81.0 cm³/mol. The van der Waals surface area contributed by atoms with E-state index < -0.39 is 5.60 Å². The normalized spacial score (nSPS) is 22.4. The van der Waals surface area contributed by atoms with E-state index in [1.165, 1.54) is 10.5 Å². The molecule has 1 unspecified atom stereocenters. The molecule has 3 rings (SSSR count). The molecular weight excluding hydrogens is 286 g/mol. The Hall–Kier alpha value is -1.37. The van der Waals surface area contributed by atoms with Gasteiger partial charge in [0.2, 0.25) is 0 Å². The first-order valence-corrected chi connectivity index (χ1v) is 8.10. The van der Waals surface area contributed by atoms with Gasteiger partial charge in [0.05, 0.1) is 5.75 Å². The molecule has 1 aromatic carbocycles. The van der Waals surface area contributed by atoms with E-state index in [1.807, 2.05) is 0 Å². The summed E-state index contributed by atoms with van der Waals surface area (Å²) in [7, 11) is 0. The van der Waals surface area contributed by atoms with Crippen LogP contribution in [-0.4, -0.2) is 28.3 Å². The summed E-state index contributed by atoms with van der Waals surface area (Å²) in [4.78, 5) is 5.52. The monoisotopic (exact) mass is 305 g/mol. The zero-order valence-electron chi connectivity index (χ0n) is 12.0. The van der Waals surface area contributed by atoms with Crippen molar-refractivity contribution in [1.82, 2.24) is 15.5 Å². The van der Waals surface area contributed by atoms with Crippen molar-refractivity contribution in [1.29, 1.82) is 0 Å². The summed E-state index contributed by atoms with van der Waals surface area (Å²) in [5.41, 5.74) is 0.228. The summed E-state index contributed by atoms with van der Waals surface area (Å²) in [6, 6.07) is 8.33. The van der Waals surface area contributed by atoms with Crippen LogP contribution in [0.4, 0.5) is 0 Å². The van der Waals surface area contributed by atoms with Gasteiger partial charge in [0.15, 0.2) is 11.4 Å². The second-order valence-corrected chi connectivity index (χ2v) is 6.48. The van der Waals surface area contributed by atoms with Gasteiger partial charge < -0.3 is 14.9 Å². The fraction of sp³-hybridized carbons (Fsp3) is 0.467. The molecule has 0 spiro atoms. The van der Waals surface area contributed by atoms with Crippen LogP contribution in [0.5, 0.6) is 0 Å². The summed E-state index contributed by atoms with van der Waals surface area (Å²) in [5, 5.41) is 17.6. The van der Waals surface area contributed by atoms with Crippen LogP contribution in [0.25, 0.3) is 0 Å². The summed E-state index contributed by atoms with van der Waals surface area (Å²) in [5.74, 6) is 1.58. The number of benzene rings is 1. The average molecular weight is 305 g/mol. The van der Waals surface area contributed by atoms with Gasteiger partial charge in [-0.15, -0.1) is 11.8 Å². The van der Waals surface area contributed by atoms with E-state index in [2.05, 4.69) is 46.6 Å². The van der Waals surface area contributed by atoms with Crippen molar-refractivity contribution in [2.24, 2.45) is 0 Å². The quantitative estimate of drug-likeness (QED) is 0.844. The smallest absolute Gasteiger partial charge is 0.259 e. The average Bonchev–Trinajstić information content (AvgIpc) is 2.97. The molecule has 0 aliphatic carbocycles. The van der Waals surface area contributed by atoms with Crippen LogP contribution in [-0.2, 0) is 11.4 Å². The highest BCUT2D eigenvalue weighted by Crippen LogP contribution is 2.28. The molecule has 1 atom stereocenters. The van der Waals surface area contributed by atoms with E-state index >= 15 is 0 Å². The predicted octanol–water partition coefficient (Wildman–Crippen LogP) is 2.24. The van der Waals surface area contributed by atoms with Crippen molar-refractivity contribution >= 4 is 11.8 Å². The lowest BCUT2D eigenvalue weighted by Crippen LogP contribution is -2.43. The first-order valence-electron chi connectivity index (χ1n) is 7.11. The van der Waals surface area contributed by atoms with Crippen LogP contribution < -0.4 is 5.32 Å². The maximum Gasteiger partial charge on any atom is 0.259 e. The van der Waals surface area contributed by atoms with Gasteiger partial charge in [-0.3, -0.25) is 0 Å². The molecule has 1 aliphatic heterocycles. The lowest BCUT2D eigenvalue weighted by Gasteiger charge is -2.28. The third-order valence-corrected chi connectivity index (χ3v) is 4.62. The first kappa shape index (κ1) is 14.6. The molecule has 2 N–H and O–H groups in total. The van der Waals surface area contributed by atoms with Crippen molar-refractivity contribution in [2.75, 3.05) is 13.1 Å². The number of hydrogen-bond donors (Lipinski definition) is 2. The minimum absolute atomic E-state index is 0.328. The van der Waals surface area contributed by atoms with E-state index in [1.54, 1.807) is 11.8 Å². The Bertz CT molecular complexity index is 591. The standard InChI is InChI=1S/C15H19N3O2S/c1-11-3-5-12(6-4-11)21-9-13-17-14(20-18-13)15(19)7-2-8-16-10-15/h3-6,16,19H,2,7-10H2,1H3. The molecule has 2 aromatic rings. The Kier molecular flexibility index (Phi) is 4.28. The van der Waals surface area contributed by atoms with Crippen molar-refractivity contribution in [3.05, 3.63) is 41.5 Å². The van der Waals surface area contributed by atoms with Crippen LogP contribution in [0.15, 0.2) is 33.7 Å². The molecule has 5 nitrogen and oxygen atoms in total. The number of piperidine rings is 1. The molecule has 0 saturated carbocycles. The highest BCUT2D eigenvalue weighted by atomic mass is 32.2. The summed E-state index contributed by atoms with van der Waals surface area (Å²) in [6.45, 7) is 3.46. The van der Waals surface area contributed by atoms with Crippen LogP contribution in [0, 0.1) is 6.92 Å². The molecule has 0 amide bonds. The van der Waals surface area contributed by atoms with Gasteiger partial charge in [-0.25, -0.2) is 0 Å². The van der Waals surface area contributed by atoms with Crippen molar-refractivity contribution in [3.63, 3.8) is 0 Å². The Balaban J connectivity index is 1.63. The van der Waals surface area contributed by atoms with Crippen LogP contribution in [0.2, 0.25) is 0 Å². The lowest BCUT2D eigenvalue weighted by molar-refractivity contribution is -0.0167. The van der Waals surface area contributed by atoms with E-state index in [9.17, 15) is 5.11 Å². The number of rotatable bonds is 4. The molecule has 0 bridgehead atoms. The number of aromatic nitrogens is 2. The first-order chi connectivity index (χ1) is 10.2. The second kappa shape index (κ2) is 6.17. The van der Waals surface area contributed by atoms with E-state index in [4.69, 9.17) is 4.52 Å². The van der Waals surface area contributed by atoms with Crippen molar-refractivity contribution in [3.8, 4) is 0 Å². The van der Waals surface area contributed by atoms with Gasteiger partial charge in [0, 0.05) is 11.4 Å². The van der Waals surface area contributed by atoms with E-state index in [0.29, 0.717) is 30.4 Å². The van der Waals surface area contributed by atoms with Gasteiger partial charge in [-0.05, 0) is 38.4 Å². The summed E-state index contributed by atoms with van der Waals surface area (Å²) >= 11 is 1.66. The molecule has 1 saturated heterocycles. The highest BCUT2D eigenvalue weighted by Gasteiger charge is 2.36. The maximum absolute atomic E-state index is 10.5. The fourth-order valence-electron chi connectivity index (χ4n) is 2.36. The fourth-order valence-corrected chi connectivity index (χ4v) is 3.10. The molecule has 2 heterocycles. The topological polar surface area (TPSA) is 71.2 Å².